The van der Waals surface area contributed by atoms with Gasteiger partial charge in [-0.25, -0.2) is 4.99 Å². The molecule has 41 heavy (non-hydrogen) atoms. The second-order valence-corrected chi connectivity index (χ2v) is 10.9. The van der Waals surface area contributed by atoms with E-state index in [-0.39, 0.29) is 12.5 Å². The van der Waals surface area contributed by atoms with Crippen LogP contribution in [0.1, 0.15) is 61.3 Å². The van der Waals surface area contributed by atoms with Crippen LogP contribution in [0.2, 0.25) is 0 Å². The number of rotatable bonds is 12. The first kappa shape index (κ1) is 28.7. The first-order valence-corrected chi connectivity index (χ1v) is 14.7. The zero-order chi connectivity index (χ0) is 28.5. The van der Waals surface area contributed by atoms with E-state index in [1.54, 1.807) is 7.11 Å². The van der Waals surface area contributed by atoms with E-state index in [0.29, 0.717) is 49.3 Å². The monoisotopic (exact) mass is 556 g/mol. The van der Waals surface area contributed by atoms with Crippen molar-refractivity contribution in [2.24, 2.45) is 10.9 Å². The van der Waals surface area contributed by atoms with Crippen LogP contribution in [0.25, 0.3) is 0 Å². The minimum Gasteiger partial charge on any atom is -0.497 e. The Labute approximate surface area is 242 Å². The van der Waals surface area contributed by atoms with E-state index in [1.165, 1.54) is 19.3 Å². The minimum atomic E-state index is -1.21. The van der Waals surface area contributed by atoms with Gasteiger partial charge in [0.15, 0.2) is 11.6 Å². The summed E-state index contributed by atoms with van der Waals surface area (Å²) in [5.74, 6) is 2.18. The van der Waals surface area contributed by atoms with Crippen LogP contribution in [0.3, 0.4) is 0 Å². The van der Waals surface area contributed by atoms with Crippen LogP contribution >= 0.6 is 0 Å². The standard InChI is InChI=1S/C34H40N2O5/c1-39-30-15-8-14-28(22-30)31-34(23-25-10-4-2-5-11-25,33(38)35-24-26-12-6-3-7-13-26)36-32(41-31)27-16-18-29(19-17-27)40-21-9-20-37/h2,4-5,8,10-11,14-19,22,26,31,37H,3,6-7,9,12-13,20-21,23-24H2,1H3,(H,35,38)/t31-,34-/m1/s1. The summed E-state index contributed by atoms with van der Waals surface area (Å²) in [4.78, 5) is 19.5. The SMILES string of the molecule is COc1cccc([C@H]2OC(c3ccc(OCCCO)cc3)=N[C@@]2(Cc2ccccc2)C(=O)NCC2CCCCC2)c1. The van der Waals surface area contributed by atoms with Crippen LogP contribution in [0.5, 0.6) is 11.5 Å². The van der Waals surface area contributed by atoms with Gasteiger partial charge in [0.2, 0.25) is 5.90 Å². The second-order valence-electron chi connectivity index (χ2n) is 10.9. The molecule has 7 heteroatoms. The topological polar surface area (TPSA) is 89.4 Å². The number of ether oxygens (including phenoxy) is 3. The lowest BCUT2D eigenvalue weighted by atomic mass is 9.81. The average molecular weight is 557 g/mol. The smallest absolute Gasteiger partial charge is 0.252 e. The van der Waals surface area contributed by atoms with Crippen molar-refractivity contribution in [3.05, 3.63) is 95.6 Å². The summed E-state index contributed by atoms with van der Waals surface area (Å²) in [5, 5.41) is 12.3. The quantitative estimate of drug-likeness (QED) is 0.281. The number of methoxy groups -OCH3 is 1. The molecule has 5 rings (SSSR count). The molecule has 0 saturated heterocycles. The number of aliphatic imine (C=N–C) groups is 1. The molecule has 2 N–H and O–H groups in total. The van der Waals surface area contributed by atoms with Crippen molar-refractivity contribution in [3.8, 4) is 11.5 Å². The van der Waals surface area contributed by atoms with Crippen molar-refractivity contribution >= 4 is 11.8 Å². The number of hydrogen-bond acceptors (Lipinski definition) is 6. The maximum absolute atomic E-state index is 14.4. The summed E-state index contributed by atoms with van der Waals surface area (Å²) in [7, 11) is 1.63. The van der Waals surface area contributed by atoms with Gasteiger partial charge < -0.3 is 24.6 Å². The number of carbonyl (C=O) groups excluding carboxylic acids is 1. The Bertz CT molecular complexity index is 1300. The highest BCUT2D eigenvalue weighted by atomic mass is 16.5. The van der Waals surface area contributed by atoms with Crippen molar-refractivity contribution in [2.75, 3.05) is 26.9 Å². The van der Waals surface area contributed by atoms with E-state index in [2.05, 4.69) is 5.32 Å². The number of benzene rings is 3. The van der Waals surface area contributed by atoms with E-state index in [4.69, 9.17) is 24.3 Å². The van der Waals surface area contributed by atoms with Crippen molar-refractivity contribution in [1.29, 1.82) is 0 Å². The fraction of sp³-hybridized carbons (Fsp3) is 0.412. The molecule has 1 heterocycles. The van der Waals surface area contributed by atoms with Crippen molar-refractivity contribution < 1.29 is 24.1 Å². The van der Waals surface area contributed by atoms with Gasteiger partial charge in [-0.05, 0) is 66.3 Å². The number of nitrogens with zero attached hydrogens (tertiary/aromatic N) is 1. The molecule has 1 aliphatic carbocycles. The van der Waals surface area contributed by atoms with Crippen LogP contribution in [0, 0.1) is 5.92 Å². The maximum Gasteiger partial charge on any atom is 0.252 e. The molecule has 0 bridgehead atoms. The maximum atomic E-state index is 14.4. The summed E-state index contributed by atoms with van der Waals surface area (Å²) in [6.45, 7) is 1.16. The van der Waals surface area contributed by atoms with Gasteiger partial charge in [-0.3, -0.25) is 4.79 Å². The van der Waals surface area contributed by atoms with Gasteiger partial charge in [0.05, 0.1) is 13.7 Å². The lowest BCUT2D eigenvalue weighted by Crippen LogP contribution is -2.51. The van der Waals surface area contributed by atoms with Gasteiger partial charge in [0.25, 0.3) is 5.91 Å². The Kier molecular flexibility index (Phi) is 9.57. The normalized spacial score (nSPS) is 20.6. The zero-order valence-corrected chi connectivity index (χ0v) is 23.8. The second kappa shape index (κ2) is 13.7. The van der Waals surface area contributed by atoms with E-state index < -0.39 is 11.6 Å². The summed E-state index contributed by atoms with van der Waals surface area (Å²) in [5.41, 5.74) is 1.39. The van der Waals surface area contributed by atoms with Gasteiger partial charge in [-0.15, -0.1) is 0 Å². The van der Waals surface area contributed by atoms with E-state index in [1.807, 2.05) is 78.9 Å². The molecule has 216 valence electrons. The van der Waals surface area contributed by atoms with Crippen LogP contribution in [-0.4, -0.2) is 49.3 Å². The predicted molar refractivity (Wildman–Crippen MR) is 159 cm³/mol. The largest absolute Gasteiger partial charge is 0.497 e. The number of aliphatic hydroxyl groups is 1. The number of amides is 1. The van der Waals surface area contributed by atoms with Crippen molar-refractivity contribution in [3.63, 3.8) is 0 Å². The molecule has 3 aromatic carbocycles. The van der Waals surface area contributed by atoms with E-state index in [0.717, 1.165) is 29.5 Å². The Hall–Kier alpha value is -3.84. The molecule has 0 aromatic heterocycles. The van der Waals surface area contributed by atoms with Gasteiger partial charge in [0, 0.05) is 31.6 Å². The summed E-state index contributed by atoms with van der Waals surface area (Å²) < 4.78 is 17.9. The third-order valence-corrected chi connectivity index (χ3v) is 8.02. The van der Waals surface area contributed by atoms with Crippen LogP contribution in [-0.2, 0) is 16.0 Å². The molecule has 1 fully saturated rings. The van der Waals surface area contributed by atoms with Gasteiger partial charge >= 0.3 is 0 Å². The highest BCUT2D eigenvalue weighted by Gasteiger charge is 2.53. The Morgan fingerprint density at radius 2 is 1.78 bits per heavy atom. The molecule has 7 nitrogen and oxygen atoms in total. The van der Waals surface area contributed by atoms with E-state index in [9.17, 15) is 4.79 Å². The molecule has 3 aromatic rings. The van der Waals surface area contributed by atoms with Crippen LogP contribution in [0.15, 0.2) is 83.9 Å². The molecule has 2 atom stereocenters. The Balaban J connectivity index is 1.52. The molecular weight excluding hydrogens is 516 g/mol. The van der Waals surface area contributed by atoms with Crippen molar-refractivity contribution in [1.82, 2.24) is 5.32 Å². The summed E-state index contributed by atoms with van der Waals surface area (Å²) >= 11 is 0. The third-order valence-electron chi connectivity index (χ3n) is 8.02. The first-order chi connectivity index (χ1) is 20.1. The number of carbonyl (C=O) groups is 1. The lowest BCUT2D eigenvalue weighted by molar-refractivity contribution is -0.129. The van der Waals surface area contributed by atoms with Gasteiger partial charge in [-0.1, -0.05) is 61.7 Å². The highest BCUT2D eigenvalue weighted by molar-refractivity contribution is 6.01. The minimum absolute atomic E-state index is 0.0840. The first-order valence-electron chi connectivity index (χ1n) is 14.7. The Morgan fingerprint density at radius 1 is 1.00 bits per heavy atom. The molecule has 0 spiro atoms. The predicted octanol–water partition coefficient (Wildman–Crippen LogP) is 5.65. The van der Waals surface area contributed by atoms with Gasteiger partial charge in [0.1, 0.15) is 11.5 Å². The molecule has 0 radical (unpaired) electrons. The summed E-state index contributed by atoms with van der Waals surface area (Å²) in [6, 6.07) is 25.2. The van der Waals surface area contributed by atoms with Crippen molar-refractivity contribution in [2.45, 2.75) is 56.6 Å². The van der Waals surface area contributed by atoms with Crippen LogP contribution in [0.4, 0.5) is 0 Å². The lowest BCUT2D eigenvalue weighted by Gasteiger charge is -2.32. The number of nitrogens with one attached hydrogen (secondary N) is 1. The number of aliphatic hydroxyl groups excluding tert-OH is 1. The molecular formula is C34H40N2O5. The molecule has 1 aliphatic heterocycles. The van der Waals surface area contributed by atoms with E-state index >= 15 is 0 Å². The third kappa shape index (κ3) is 6.91. The number of hydrogen-bond donors (Lipinski definition) is 2. The average Bonchev–Trinajstić information content (AvgIpc) is 3.41. The highest BCUT2D eigenvalue weighted by Crippen LogP contribution is 2.43. The Morgan fingerprint density at radius 3 is 2.51 bits per heavy atom. The summed E-state index contributed by atoms with van der Waals surface area (Å²) in [6.07, 6.45) is 6.29. The molecule has 0 unspecified atom stereocenters. The molecule has 1 amide bonds. The van der Waals surface area contributed by atoms with Crippen LogP contribution < -0.4 is 14.8 Å². The molecule has 2 aliphatic rings. The zero-order valence-electron chi connectivity index (χ0n) is 23.8. The fourth-order valence-corrected chi connectivity index (χ4v) is 5.78. The molecule has 1 saturated carbocycles. The van der Waals surface area contributed by atoms with Gasteiger partial charge in [-0.2, -0.15) is 0 Å². The fourth-order valence-electron chi connectivity index (χ4n) is 5.78.